The molecule has 186 valence electrons. The number of benzene rings is 1. The van der Waals surface area contributed by atoms with Crippen molar-refractivity contribution in [3.63, 3.8) is 0 Å². The average molecular weight is 490 g/mol. The minimum Gasteiger partial charge on any atom is -0.493 e. The van der Waals surface area contributed by atoms with Gasteiger partial charge in [0.25, 0.3) is 10.0 Å². The number of sulfonamides is 1. The maximum Gasteiger partial charge on any atom is 0.262 e. The van der Waals surface area contributed by atoms with Gasteiger partial charge in [-0.3, -0.25) is 4.79 Å². The number of amides is 1. The van der Waals surface area contributed by atoms with E-state index in [1.165, 1.54) is 16.8 Å². The maximum absolute atomic E-state index is 13.0. The molecule has 1 aromatic carbocycles. The smallest absolute Gasteiger partial charge is 0.262 e. The fraction of sp³-hybridized carbons (Fsp3) is 0.583. The molecule has 1 saturated heterocycles. The van der Waals surface area contributed by atoms with Crippen molar-refractivity contribution in [1.82, 2.24) is 24.5 Å². The molecule has 9 nitrogen and oxygen atoms in total. The lowest BCUT2D eigenvalue weighted by molar-refractivity contribution is -0.122. The number of fused-ring (bicyclic) bond motifs is 1. The van der Waals surface area contributed by atoms with Crippen molar-refractivity contribution >= 4 is 15.9 Å². The lowest BCUT2D eigenvalue weighted by atomic mass is 9.98. The number of nitrogens with zero attached hydrogens (tertiary/aromatic N) is 3. The highest BCUT2D eigenvalue weighted by atomic mass is 32.2. The third-order valence-electron chi connectivity index (χ3n) is 6.27. The van der Waals surface area contributed by atoms with E-state index in [2.05, 4.69) is 42.5 Å². The van der Waals surface area contributed by atoms with Gasteiger partial charge in [-0.05, 0) is 45.2 Å². The molecule has 2 aliphatic heterocycles. The molecule has 1 amide bonds. The van der Waals surface area contributed by atoms with Gasteiger partial charge < -0.3 is 19.9 Å². The largest absolute Gasteiger partial charge is 0.493 e. The quantitative estimate of drug-likeness (QED) is 0.619. The number of imidazole rings is 1. The summed E-state index contributed by atoms with van der Waals surface area (Å²) < 4.78 is 35.0. The lowest BCUT2D eigenvalue weighted by Crippen LogP contribution is -2.40. The third kappa shape index (κ3) is 5.61. The van der Waals surface area contributed by atoms with Crippen LogP contribution in [0, 0.1) is 0 Å². The second-order valence-corrected chi connectivity index (χ2v) is 12.1. The molecule has 34 heavy (non-hydrogen) atoms. The Hall–Kier alpha value is -2.43. The summed E-state index contributed by atoms with van der Waals surface area (Å²) in [5, 5.41) is 6.62. The summed E-state index contributed by atoms with van der Waals surface area (Å²) in [7, 11) is -1.99. The van der Waals surface area contributed by atoms with Crippen molar-refractivity contribution in [3.8, 4) is 5.75 Å². The lowest BCUT2D eigenvalue weighted by Gasteiger charge is -2.29. The zero-order chi connectivity index (χ0) is 24.5. The molecule has 0 spiro atoms. The summed E-state index contributed by atoms with van der Waals surface area (Å²) in [5.41, 5.74) is 2.11. The van der Waals surface area contributed by atoms with Crippen LogP contribution in [-0.4, -0.2) is 52.9 Å². The number of hydrogen-bond donors (Lipinski definition) is 2. The molecule has 1 aromatic heterocycles. The Bertz CT molecular complexity index is 1140. The second kappa shape index (κ2) is 9.67. The van der Waals surface area contributed by atoms with Crippen LogP contribution in [0.4, 0.5) is 0 Å². The first kappa shape index (κ1) is 24.7. The number of rotatable bonds is 7. The summed E-state index contributed by atoms with van der Waals surface area (Å²) >= 11 is 0. The van der Waals surface area contributed by atoms with Crippen LogP contribution < -0.4 is 15.4 Å². The molecule has 4 rings (SSSR count). The maximum atomic E-state index is 13.0. The number of aromatic nitrogens is 2. The topological polar surface area (TPSA) is 106 Å². The number of aryl methyl sites for hydroxylation is 1. The fourth-order valence-corrected chi connectivity index (χ4v) is 6.16. The van der Waals surface area contributed by atoms with E-state index in [0.29, 0.717) is 26.0 Å². The van der Waals surface area contributed by atoms with E-state index in [1.54, 1.807) is 11.6 Å². The van der Waals surface area contributed by atoms with Crippen molar-refractivity contribution < 1.29 is 17.9 Å². The first-order chi connectivity index (χ1) is 16.0. The zero-order valence-corrected chi connectivity index (χ0v) is 21.2. The van der Waals surface area contributed by atoms with Crippen molar-refractivity contribution in [1.29, 1.82) is 0 Å². The van der Waals surface area contributed by atoms with Crippen LogP contribution in [0.3, 0.4) is 0 Å². The molecule has 2 aliphatic rings. The van der Waals surface area contributed by atoms with Gasteiger partial charge in [-0.25, -0.2) is 13.4 Å². The molecule has 1 fully saturated rings. The van der Waals surface area contributed by atoms with Gasteiger partial charge in [0.15, 0.2) is 5.03 Å². The van der Waals surface area contributed by atoms with E-state index in [4.69, 9.17) is 4.74 Å². The van der Waals surface area contributed by atoms with Gasteiger partial charge in [0.05, 0.1) is 19.0 Å². The summed E-state index contributed by atoms with van der Waals surface area (Å²) in [6.45, 7) is 8.04. The van der Waals surface area contributed by atoms with Gasteiger partial charge in [0.1, 0.15) is 5.75 Å². The van der Waals surface area contributed by atoms with Gasteiger partial charge in [-0.15, -0.1) is 0 Å². The summed E-state index contributed by atoms with van der Waals surface area (Å²) in [6, 6.07) is 5.60. The van der Waals surface area contributed by atoms with Gasteiger partial charge in [0, 0.05) is 56.3 Å². The monoisotopic (exact) mass is 489 g/mol. The zero-order valence-electron chi connectivity index (χ0n) is 20.4. The molecule has 0 radical (unpaired) electrons. The third-order valence-corrected chi connectivity index (χ3v) is 8.11. The predicted octanol–water partition coefficient (Wildman–Crippen LogP) is 2.49. The molecule has 2 N–H and O–H groups in total. The SMILES string of the molecule is Cn1cnc(S(=O)(=O)N2CCCC2CC(=O)NC2CCOc3cc(CNC(C)(C)C)ccc32)c1. The van der Waals surface area contributed by atoms with Crippen LogP contribution >= 0.6 is 0 Å². The Balaban J connectivity index is 1.41. The number of hydrogen-bond acceptors (Lipinski definition) is 6. The molecule has 3 heterocycles. The van der Waals surface area contributed by atoms with Gasteiger partial charge in [-0.2, -0.15) is 4.31 Å². The van der Waals surface area contributed by atoms with E-state index >= 15 is 0 Å². The van der Waals surface area contributed by atoms with Crippen LogP contribution in [0.1, 0.15) is 63.6 Å². The summed E-state index contributed by atoms with van der Waals surface area (Å²) in [5.74, 6) is 0.648. The van der Waals surface area contributed by atoms with Crippen molar-refractivity contribution in [2.75, 3.05) is 13.2 Å². The molecule has 2 unspecified atom stereocenters. The molecular weight excluding hydrogens is 454 g/mol. The molecule has 0 bridgehead atoms. The Morgan fingerprint density at radius 3 is 2.76 bits per heavy atom. The van der Waals surface area contributed by atoms with E-state index in [9.17, 15) is 13.2 Å². The standard InChI is InChI=1S/C24H35N5O4S/c1-24(2,3)26-14-17-7-8-19-20(9-11-33-21(19)12-17)27-22(30)13-18-6-5-10-29(18)34(31,32)23-15-28(4)16-25-23/h7-8,12,15-16,18,20,26H,5-6,9-11,13-14H2,1-4H3,(H,27,30). The van der Waals surface area contributed by atoms with E-state index < -0.39 is 10.0 Å². The number of carbonyl (C=O) groups excluding carboxylic acids is 1. The van der Waals surface area contributed by atoms with E-state index in [0.717, 1.165) is 29.8 Å². The summed E-state index contributed by atoms with van der Waals surface area (Å²) in [4.78, 5) is 17.0. The molecule has 10 heteroatoms. The molecule has 2 atom stereocenters. The first-order valence-electron chi connectivity index (χ1n) is 11.8. The number of nitrogens with one attached hydrogen (secondary N) is 2. The Labute approximate surface area is 201 Å². The summed E-state index contributed by atoms with van der Waals surface area (Å²) in [6.07, 6.45) is 5.17. The van der Waals surface area contributed by atoms with Crippen LogP contribution in [0.15, 0.2) is 35.7 Å². The first-order valence-corrected chi connectivity index (χ1v) is 13.3. The average Bonchev–Trinajstić information content (AvgIpc) is 3.41. The fourth-order valence-electron chi connectivity index (χ4n) is 4.50. The normalized spacial score (nSPS) is 21.2. The minimum atomic E-state index is -3.72. The van der Waals surface area contributed by atoms with Gasteiger partial charge >= 0.3 is 0 Å². The van der Waals surface area contributed by atoms with Crippen LogP contribution in [0.2, 0.25) is 0 Å². The second-order valence-electron chi connectivity index (χ2n) is 10.2. The molecule has 0 saturated carbocycles. The van der Waals surface area contributed by atoms with Crippen LogP contribution in [0.5, 0.6) is 5.75 Å². The van der Waals surface area contributed by atoms with Gasteiger partial charge in [-0.1, -0.05) is 12.1 Å². The van der Waals surface area contributed by atoms with Crippen LogP contribution in [-0.2, 0) is 28.4 Å². The highest BCUT2D eigenvalue weighted by molar-refractivity contribution is 7.89. The van der Waals surface area contributed by atoms with Crippen LogP contribution in [0.25, 0.3) is 0 Å². The van der Waals surface area contributed by atoms with Crippen molar-refractivity contribution in [3.05, 3.63) is 41.9 Å². The van der Waals surface area contributed by atoms with E-state index in [-0.39, 0.29) is 35.0 Å². The number of carbonyl (C=O) groups is 1. The number of ether oxygens (including phenoxy) is 1. The predicted molar refractivity (Wildman–Crippen MR) is 129 cm³/mol. The Morgan fingerprint density at radius 2 is 2.06 bits per heavy atom. The van der Waals surface area contributed by atoms with E-state index in [1.807, 2.05) is 12.1 Å². The molecule has 0 aliphatic carbocycles. The highest BCUT2D eigenvalue weighted by Gasteiger charge is 2.38. The van der Waals surface area contributed by atoms with Gasteiger partial charge in [0.2, 0.25) is 5.91 Å². The van der Waals surface area contributed by atoms with Crippen molar-refractivity contribution in [2.24, 2.45) is 7.05 Å². The Kier molecular flexibility index (Phi) is 7.02. The molecule has 2 aromatic rings. The molecular formula is C24H35N5O4S. The highest BCUT2D eigenvalue weighted by Crippen LogP contribution is 2.33. The minimum absolute atomic E-state index is 0.0193. The Morgan fingerprint density at radius 1 is 1.26 bits per heavy atom. The van der Waals surface area contributed by atoms with Crippen molar-refractivity contribution in [2.45, 2.75) is 75.6 Å².